The summed E-state index contributed by atoms with van der Waals surface area (Å²) in [4.78, 5) is 62.5. The number of fused-ring (bicyclic) bond motifs is 5. The maximum absolute atomic E-state index is 13.4. The fourth-order valence-electron chi connectivity index (χ4n) is 10.9. The number of ether oxygens (including phenoxy) is 4. The number of Topliss-reactive ketones (excluding diaryl/α,β-unsaturated/α-hetero) is 1. The van der Waals surface area contributed by atoms with E-state index in [0.29, 0.717) is 57.9 Å². The first-order valence-corrected chi connectivity index (χ1v) is 23.2. The van der Waals surface area contributed by atoms with Crippen molar-refractivity contribution in [3.8, 4) is 0 Å². The number of rotatable bonds is 20. The average Bonchev–Trinajstić information content (AvgIpc) is 3.76. The molecule has 1 aromatic rings. The Balaban J connectivity index is 0.926. The molecule has 0 aromatic heterocycles. The topological polar surface area (TPSA) is 195 Å². The van der Waals surface area contributed by atoms with E-state index in [4.69, 9.17) is 18.9 Å². The monoisotopic (exact) mass is 873 g/mol. The molecule has 5 aliphatic carbocycles. The summed E-state index contributed by atoms with van der Waals surface area (Å²) in [5.41, 5.74) is 1.88. The molecule has 344 valence electrons. The maximum Gasteiger partial charge on any atom is 0.508 e. The minimum absolute atomic E-state index is 0.0255. The van der Waals surface area contributed by atoms with Crippen LogP contribution in [-0.2, 0) is 39.8 Å². The Kier molecular flexibility index (Phi) is 17.0. The summed E-state index contributed by atoms with van der Waals surface area (Å²) >= 11 is 0. The average molecular weight is 874 g/mol. The highest BCUT2D eigenvalue weighted by Gasteiger charge is 2.58. The van der Waals surface area contributed by atoms with Crippen LogP contribution < -0.4 is 5.32 Å². The van der Waals surface area contributed by atoms with E-state index in [1.165, 1.54) is 11.1 Å². The van der Waals surface area contributed by atoms with E-state index < -0.39 is 48.6 Å². The molecular formula is C50H67NO12. The fraction of sp³-hybridized carbons (Fsp3) is 0.620. The smallest absolute Gasteiger partial charge is 0.434 e. The van der Waals surface area contributed by atoms with Crippen LogP contribution in [0.5, 0.6) is 0 Å². The van der Waals surface area contributed by atoms with Gasteiger partial charge in [-0.1, -0.05) is 72.7 Å². The molecule has 5 aliphatic rings. The minimum atomic E-state index is -1.60. The number of amides is 1. The van der Waals surface area contributed by atoms with Gasteiger partial charge in [-0.15, -0.1) is 0 Å². The molecule has 0 radical (unpaired) electrons. The number of ketones is 2. The SMILES string of the molecule is CCNC(=O)CCC/C=C\C[C@@H]1[C@@H](/C=C/[C@H](CCc2ccccc2)OC(=O)OCCCOC(=O)OCC(=O)[C@@]2(O)CC[C@H]3[C@@H]4CCC5=CC(=O)CC[C@]5(C)C4=CC[C@@H]32)[C@H](O)C[C@@H]1O. The van der Waals surface area contributed by atoms with E-state index in [2.05, 4.69) is 18.3 Å². The Morgan fingerprint density at radius 3 is 2.51 bits per heavy atom. The number of aliphatic hydroxyl groups excluding tert-OH is 2. The normalized spacial score (nSPS) is 30.4. The number of benzene rings is 1. The summed E-state index contributed by atoms with van der Waals surface area (Å²) in [6.45, 7) is 3.85. The number of allylic oxidation sites excluding steroid dienone is 6. The lowest BCUT2D eigenvalue weighted by atomic mass is 9.54. The summed E-state index contributed by atoms with van der Waals surface area (Å²) < 4.78 is 21.3. The Bertz CT molecular complexity index is 1890. The molecule has 4 N–H and O–H groups in total. The maximum atomic E-state index is 13.4. The molecule has 1 aromatic carbocycles. The van der Waals surface area contributed by atoms with Gasteiger partial charge in [0.15, 0.2) is 12.4 Å². The van der Waals surface area contributed by atoms with E-state index in [1.54, 1.807) is 6.08 Å². The predicted octanol–water partition coefficient (Wildman–Crippen LogP) is 7.21. The van der Waals surface area contributed by atoms with Crippen LogP contribution in [0.15, 0.2) is 77.9 Å². The van der Waals surface area contributed by atoms with E-state index in [0.717, 1.165) is 37.7 Å². The first-order chi connectivity index (χ1) is 30.3. The molecule has 10 atom stereocenters. The molecular weight excluding hydrogens is 807 g/mol. The highest BCUT2D eigenvalue weighted by Crippen LogP contribution is 2.61. The third kappa shape index (κ3) is 12.2. The van der Waals surface area contributed by atoms with Crippen LogP contribution in [0, 0.1) is 35.0 Å². The number of nitrogens with one attached hydrogen (secondary N) is 1. The number of aliphatic hydroxyl groups is 3. The van der Waals surface area contributed by atoms with Crippen molar-refractivity contribution in [2.75, 3.05) is 26.4 Å². The first-order valence-electron chi connectivity index (χ1n) is 23.2. The number of carbonyl (C=O) groups excluding carboxylic acids is 5. The molecule has 0 unspecified atom stereocenters. The van der Waals surface area contributed by atoms with Gasteiger partial charge in [0.25, 0.3) is 0 Å². The van der Waals surface area contributed by atoms with Crippen LogP contribution in [0.2, 0.25) is 0 Å². The molecule has 0 aliphatic heterocycles. The molecule has 0 bridgehead atoms. The molecule has 0 saturated heterocycles. The molecule has 13 heteroatoms. The molecule has 1 amide bonds. The quantitative estimate of drug-likeness (QED) is 0.0585. The van der Waals surface area contributed by atoms with Gasteiger partial charge in [0.2, 0.25) is 11.7 Å². The van der Waals surface area contributed by atoms with Gasteiger partial charge in [0, 0.05) is 49.5 Å². The van der Waals surface area contributed by atoms with Crippen LogP contribution in [0.25, 0.3) is 0 Å². The van der Waals surface area contributed by atoms with Gasteiger partial charge in [0.05, 0.1) is 25.4 Å². The van der Waals surface area contributed by atoms with Gasteiger partial charge >= 0.3 is 12.3 Å². The van der Waals surface area contributed by atoms with E-state index in [-0.39, 0.29) is 72.8 Å². The largest absolute Gasteiger partial charge is 0.508 e. The summed E-state index contributed by atoms with van der Waals surface area (Å²) in [6.07, 6.45) is 16.0. The highest BCUT2D eigenvalue weighted by atomic mass is 16.7. The van der Waals surface area contributed by atoms with Gasteiger partial charge in [-0.3, -0.25) is 14.4 Å². The molecule has 13 nitrogen and oxygen atoms in total. The number of aryl methyl sites for hydroxylation is 1. The number of hydrogen-bond donors (Lipinski definition) is 4. The van der Waals surface area contributed by atoms with E-state index >= 15 is 0 Å². The van der Waals surface area contributed by atoms with Crippen molar-refractivity contribution in [2.45, 2.75) is 134 Å². The van der Waals surface area contributed by atoms with Gasteiger partial charge in [-0.05, 0) is 113 Å². The van der Waals surface area contributed by atoms with Crippen molar-refractivity contribution >= 4 is 29.8 Å². The molecule has 3 fully saturated rings. The second-order valence-corrected chi connectivity index (χ2v) is 18.2. The van der Waals surface area contributed by atoms with Crippen molar-refractivity contribution < 1.29 is 58.2 Å². The van der Waals surface area contributed by atoms with E-state index in [9.17, 15) is 39.3 Å². The molecule has 0 heterocycles. The van der Waals surface area contributed by atoms with E-state index in [1.807, 2.05) is 61.6 Å². The molecule has 63 heavy (non-hydrogen) atoms. The minimum Gasteiger partial charge on any atom is -0.434 e. The lowest BCUT2D eigenvalue weighted by Crippen LogP contribution is -2.49. The van der Waals surface area contributed by atoms with Crippen molar-refractivity contribution in [1.29, 1.82) is 0 Å². The predicted molar refractivity (Wildman–Crippen MR) is 234 cm³/mol. The molecule has 3 saturated carbocycles. The van der Waals surface area contributed by atoms with Crippen molar-refractivity contribution in [1.82, 2.24) is 5.32 Å². The highest BCUT2D eigenvalue weighted by molar-refractivity contribution is 5.92. The summed E-state index contributed by atoms with van der Waals surface area (Å²) in [6, 6.07) is 9.75. The Hall–Kier alpha value is -4.59. The standard InChI is InChI=1S/C50H67NO12/c1-3-51-46(56)15-10-5-4-9-14-39-40(44(54)31-43(39)53)21-19-36(18-16-33-12-7-6-8-13-33)63-48(58)61-29-11-28-60-47(57)62-32-45(55)50(59)27-25-38-37-20-17-34-30-35(52)24-26-49(34,2)41(37)22-23-42(38)50/h4,6-9,12-13,19,21-22,30,36-40,42-44,53-54,59H,3,5,10-11,14-18,20,23-29,31-32H2,1-2H3,(H,51,56)/b9-4-,21-19+/t36-,37-,38-,39+,40+,42-,43-,44+,49-,50+/m0/s1. The zero-order valence-corrected chi connectivity index (χ0v) is 36.9. The van der Waals surface area contributed by atoms with Crippen molar-refractivity contribution in [3.63, 3.8) is 0 Å². The summed E-state index contributed by atoms with van der Waals surface area (Å²) in [7, 11) is 0. The van der Waals surface area contributed by atoms with Crippen molar-refractivity contribution in [2.24, 2.45) is 35.0 Å². The number of carbonyl (C=O) groups is 5. The summed E-state index contributed by atoms with van der Waals surface area (Å²) in [5, 5.41) is 36.1. The van der Waals surface area contributed by atoms with Crippen LogP contribution in [0.4, 0.5) is 9.59 Å². The van der Waals surface area contributed by atoms with Gasteiger partial charge in [-0.25, -0.2) is 9.59 Å². The van der Waals surface area contributed by atoms with Crippen LogP contribution >= 0.6 is 0 Å². The molecule has 0 spiro atoms. The van der Waals surface area contributed by atoms with Gasteiger partial charge in [0.1, 0.15) is 11.7 Å². The number of unbranched alkanes of at least 4 members (excludes halogenated alkanes) is 1. The zero-order valence-electron chi connectivity index (χ0n) is 36.9. The van der Waals surface area contributed by atoms with Crippen molar-refractivity contribution in [3.05, 3.63) is 83.5 Å². The first kappa shape index (κ1) is 47.9. The van der Waals surface area contributed by atoms with Crippen LogP contribution in [-0.4, -0.2) is 95.4 Å². The molecule has 6 rings (SSSR count). The van der Waals surface area contributed by atoms with Crippen LogP contribution in [0.1, 0.15) is 109 Å². The second-order valence-electron chi connectivity index (χ2n) is 18.2. The lowest BCUT2D eigenvalue weighted by Gasteiger charge is -2.50. The van der Waals surface area contributed by atoms with Crippen LogP contribution in [0.3, 0.4) is 0 Å². The van der Waals surface area contributed by atoms with Gasteiger partial charge in [-0.2, -0.15) is 0 Å². The fourth-order valence-corrected chi connectivity index (χ4v) is 10.9. The third-order valence-electron chi connectivity index (χ3n) is 14.3. The zero-order chi connectivity index (χ0) is 45.0. The Labute approximate surface area is 371 Å². The second kappa shape index (κ2) is 22.3. The lowest BCUT2D eigenvalue weighted by molar-refractivity contribution is -0.146. The number of hydrogen-bond acceptors (Lipinski definition) is 12. The summed E-state index contributed by atoms with van der Waals surface area (Å²) in [5.74, 6) is -0.788. The Morgan fingerprint density at radius 1 is 0.952 bits per heavy atom. The van der Waals surface area contributed by atoms with Gasteiger partial charge < -0.3 is 39.6 Å². The third-order valence-corrected chi connectivity index (χ3v) is 14.3. The Morgan fingerprint density at radius 2 is 1.73 bits per heavy atom.